The topological polar surface area (TPSA) is 0 Å². The Bertz CT molecular complexity index is 187. The van der Waals surface area contributed by atoms with Gasteiger partial charge in [0.15, 0.2) is 0 Å². The Morgan fingerprint density at radius 3 is 2.15 bits per heavy atom. The highest BCUT2D eigenvalue weighted by molar-refractivity contribution is 5.00. The third-order valence-corrected chi connectivity index (χ3v) is 4.88. The molecule has 0 amide bonds. The summed E-state index contributed by atoms with van der Waals surface area (Å²) in [6.45, 7) is 7.41. The number of rotatable bonds is 0. The van der Waals surface area contributed by atoms with Crippen molar-refractivity contribution in [2.75, 3.05) is 0 Å². The Morgan fingerprint density at radius 2 is 1.54 bits per heavy atom. The molecule has 0 heteroatoms. The van der Waals surface area contributed by atoms with Gasteiger partial charge in [-0.2, -0.15) is 0 Å². The Labute approximate surface area is 83.1 Å². The average molecular weight is 180 g/mol. The zero-order chi connectivity index (χ0) is 9.53. The van der Waals surface area contributed by atoms with Gasteiger partial charge < -0.3 is 0 Å². The molecule has 0 aromatic rings. The first-order chi connectivity index (χ1) is 6.06. The molecule has 76 valence electrons. The number of hydrogen-bond acceptors (Lipinski definition) is 0. The number of fused-ring (bicyclic) bond motifs is 1. The first kappa shape index (κ1) is 9.55. The predicted octanol–water partition coefficient (Wildman–Crippen LogP) is 4.39. The van der Waals surface area contributed by atoms with Crippen molar-refractivity contribution in [1.29, 1.82) is 0 Å². The molecule has 0 saturated heterocycles. The van der Waals surface area contributed by atoms with Crippen molar-refractivity contribution in [2.45, 2.75) is 65.7 Å². The van der Waals surface area contributed by atoms with Crippen LogP contribution in [0.4, 0.5) is 0 Å². The van der Waals surface area contributed by atoms with Gasteiger partial charge in [0.25, 0.3) is 0 Å². The van der Waals surface area contributed by atoms with Crippen LogP contribution in [-0.2, 0) is 0 Å². The van der Waals surface area contributed by atoms with Crippen LogP contribution in [0.3, 0.4) is 0 Å². The van der Waals surface area contributed by atoms with E-state index in [1.54, 1.807) is 0 Å². The molecule has 2 rings (SSSR count). The monoisotopic (exact) mass is 180 g/mol. The summed E-state index contributed by atoms with van der Waals surface area (Å²) in [5.74, 6) is 1.07. The summed E-state index contributed by atoms with van der Waals surface area (Å²) in [6, 6.07) is 0. The largest absolute Gasteiger partial charge is 0.0596 e. The fourth-order valence-electron chi connectivity index (χ4n) is 4.09. The van der Waals surface area contributed by atoms with E-state index in [1.807, 2.05) is 0 Å². The normalized spacial score (nSPS) is 40.4. The molecule has 2 saturated carbocycles. The van der Waals surface area contributed by atoms with Crippen molar-refractivity contribution >= 4 is 0 Å². The van der Waals surface area contributed by atoms with Crippen molar-refractivity contribution in [3.63, 3.8) is 0 Å². The molecule has 0 spiro atoms. The summed E-state index contributed by atoms with van der Waals surface area (Å²) in [5.41, 5.74) is 1.28. The second-order valence-corrected chi connectivity index (χ2v) is 6.24. The zero-order valence-corrected chi connectivity index (χ0v) is 9.53. The van der Waals surface area contributed by atoms with E-state index in [2.05, 4.69) is 20.8 Å². The molecule has 0 nitrogen and oxygen atoms in total. The van der Waals surface area contributed by atoms with Crippen LogP contribution >= 0.6 is 0 Å². The van der Waals surface area contributed by atoms with Crippen molar-refractivity contribution in [2.24, 2.45) is 16.7 Å². The van der Waals surface area contributed by atoms with Gasteiger partial charge in [-0.15, -0.1) is 0 Å². The summed E-state index contributed by atoms with van der Waals surface area (Å²) < 4.78 is 0. The van der Waals surface area contributed by atoms with Gasteiger partial charge in [-0.25, -0.2) is 0 Å². The minimum absolute atomic E-state index is 0.550. The van der Waals surface area contributed by atoms with Crippen LogP contribution in [0.25, 0.3) is 0 Å². The molecule has 2 fully saturated rings. The van der Waals surface area contributed by atoms with Gasteiger partial charge in [-0.05, 0) is 42.4 Å². The molecule has 0 radical (unpaired) electrons. The fraction of sp³-hybridized carbons (Fsp3) is 1.00. The van der Waals surface area contributed by atoms with Crippen LogP contribution in [0.5, 0.6) is 0 Å². The van der Waals surface area contributed by atoms with Crippen LogP contribution < -0.4 is 0 Å². The van der Waals surface area contributed by atoms with E-state index in [-0.39, 0.29) is 0 Å². The van der Waals surface area contributed by atoms with Gasteiger partial charge in [0.1, 0.15) is 0 Å². The average Bonchev–Trinajstić information content (AvgIpc) is 2.46. The van der Waals surface area contributed by atoms with Crippen molar-refractivity contribution in [3.8, 4) is 0 Å². The van der Waals surface area contributed by atoms with Crippen molar-refractivity contribution in [3.05, 3.63) is 0 Å². The van der Waals surface area contributed by atoms with E-state index in [0.717, 1.165) is 11.3 Å². The molecule has 0 heterocycles. The van der Waals surface area contributed by atoms with E-state index in [9.17, 15) is 0 Å². The third kappa shape index (κ3) is 1.33. The lowest BCUT2D eigenvalue weighted by atomic mass is 9.55. The van der Waals surface area contributed by atoms with Crippen LogP contribution in [0, 0.1) is 16.7 Å². The van der Waals surface area contributed by atoms with Crippen LogP contribution in [0.1, 0.15) is 65.7 Å². The summed E-state index contributed by atoms with van der Waals surface area (Å²) in [5, 5.41) is 0. The molecule has 13 heavy (non-hydrogen) atoms. The maximum absolute atomic E-state index is 2.47. The Balaban J connectivity index is 2.26. The molecule has 2 atom stereocenters. The molecule has 0 aromatic carbocycles. The minimum Gasteiger partial charge on any atom is -0.0596 e. The lowest BCUT2D eigenvalue weighted by Crippen LogP contribution is -2.40. The third-order valence-electron chi connectivity index (χ3n) is 4.88. The molecule has 0 aromatic heterocycles. The predicted molar refractivity (Wildman–Crippen MR) is 57.7 cm³/mol. The van der Waals surface area contributed by atoms with Crippen molar-refractivity contribution in [1.82, 2.24) is 0 Å². The highest BCUT2D eigenvalue weighted by Gasteiger charge is 2.50. The maximum Gasteiger partial charge on any atom is -0.0221 e. The van der Waals surface area contributed by atoms with Gasteiger partial charge in [0, 0.05) is 0 Å². The highest BCUT2D eigenvalue weighted by Crippen LogP contribution is 2.60. The maximum atomic E-state index is 2.47. The molecular weight excluding hydrogens is 156 g/mol. The van der Waals surface area contributed by atoms with Gasteiger partial charge in [0.05, 0.1) is 0 Å². The Morgan fingerprint density at radius 1 is 0.923 bits per heavy atom. The lowest BCUT2D eigenvalue weighted by Gasteiger charge is -2.49. The number of hydrogen-bond donors (Lipinski definition) is 0. The first-order valence-corrected chi connectivity index (χ1v) is 6.06. The Kier molecular flexibility index (Phi) is 2.20. The van der Waals surface area contributed by atoms with Gasteiger partial charge in [-0.1, -0.05) is 40.0 Å². The lowest BCUT2D eigenvalue weighted by molar-refractivity contribution is 0.00226. The van der Waals surface area contributed by atoms with Crippen LogP contribution in [0.15, 0.2) is 0 Å². The van der Waals surface area contributed by atoms with E-state index in [1.165, 1.54) is 44.9 Å². The molecule has 2 aliphatic carbocycles. The molecule has 0 N–H and O–H groups in total. The van der Waals surface area contributed by atoms with Gasteiger partial charge in [0.2, 0.25) is 0 Å². The summed E-state index contributed by atoms with van der Waals surface area (Å²) in [7, 11) is 0. The van der Waals surface area contributed by atoms with E-state index in [4.69, 9.17) is 0 Å². The second-order valence-electron chi connectivity index (χ2n) is 6.24. The second kappa shape index (κ2) is 3.00. The smallest absolute Gasteiger partial charge is 0.0221 e. The quantitative estimate of drug-likeness (QED) is 0.518. The molecular formula is C13H24. The van der Waals surface area contributed by atoms with Gasteiger partial charge >= 0.3 is 0 Å². The fourth-order valence-corrected chi connectivity index (χ4v) is 4.09. The summed E-state index contributed by atoms with van der Waals surface area (Å²) >= 11 is 0. The summed E-state index contributed by atoms with van der Waals surface area (Å²) in [6.07, 6.45) is 10.6. The Hall–Kier alpha value is 0. The standard InChI is InChI=1S/C13H24/c1-12(2,3)13-9-5-4-7-11(13)8-6-10-13/h11H,4-10H2,1-3H3. The first-order valence-electron chi connectivity index (χ1n) is 6.06. The summed E-state index contributed by atoms with van der Waals surface area (Å²) in [4.78, 5) is 0. The van der Waals surface area contributed by atoms with E-state index >= 15 is 0 Å². The highest BCUT2D eigenvalue weighted by atomic mass is 14.6. The van der Waals surface area contributed by atoms with E-state index in [0.29, 0.717) is 5.41 Å². The molecule has 0 bridgehead atoms. The molecule has 2 aliphatic rings. The van der Waals surface area contributed by atoms with Crippen LogP contribution in [-0.4, -0.2) is 0 Å². The zero-order valence-electron chi connectivity index (χ0n) is 9.53. The molecule has 2 unspecified atom stereocenters. The van der Waals surface area contributed by atoms with Crippen molar-refractivity contribution < 1.29 is 0 Å². The molecule has 0 aliphatic heterocycles. The van der Waals surface area contributed by atoms with E-state index < -0.39 is 0 Å². The van der Waals surface area contributed by atoms with Gasteiger partial charge in [-0.3, -0.25) is 0 Å². The van der Waals surface area contributed by atoms with Crippen LogP contribution in [0.2, 0.25) is 0 Å². The minimum atomic E-state index is 0.550. The SMILES string of the molecule is CC(C)(C)C12CCCCC1CCC2.